The summed E-state index contributed by atoms with van der Waals surface area (Å²) < 4.78 is 33.3. The number of nitrogens with two attached hydrogens (primary N) is 1. The van der Waals surface area contributed by atoms with E-state index in [0.29, 0.717) is 6.42 Å². The number of hydrogen-bond acceptors (Lipinski definition) is 8. The predicted molar refractivity (Wildman–Crippen MR) is 440 cm³/mol. The molecular weight excluding hydrogens is 1270 g/mol. The fraction of sp³-hybridized carbons (Fsp3) is 0.670. The SMILES string of the molecule is CC/C=C\C/C=C\C/C=C\C/C=C\C/C=C\C/C=C\C/C=C\C/C=C\CCCCCCCCCCCCCCCCC(=O)OC(COC(=O)CCCCCCCCCCCCCCCCCCCCCCCC/C=C\C/C=C\C/C=C\C/C=C\C/C=C\C/C=C\CC)COP(=O)(O)OCCN. The summed E-state index contributed by atoms with van der Waals surface area (Å²) in [6.07, 6.45) is 125. The van der Waals surface area contributed by atoms with Crippen molar-refractivity contribution in [1.82, 2.24) is 0 Å². The second-order valence-corrected chi connectivity index (χ2v) is 28.7. The minimum atomic E-state index is -4.41. The molecule has 0 aromatic rings. The van der Waals surface area contributed by atoms with Gasteiger partial charge in [0, 0.05) is 19.4 Å². The van der Waals surface area contributed by atoms with Gasteiger partial charge in [0.25, 0.3) is 0 Å². The highest BCUT2D eigenvalue weighted by Gasteiger charge is 2.26. The molecule has 10 heteroatoms. The Morgan fingerprint density at radius 2 is 0.515 bits per heavy atom. The molecule has 0 aromatic heterocycles. The van der Waals surface area contributed by atoms with Crippen LogP contribution in [0.2, 0.25) is 0 Å². The van der Waals surface area contributed by atoms with Crippen molar-refractivity contribution in [2.24, 2.45) is 5.73 Å². The molecule has 0 heterocycles. The highest BCUT2D eigenvalue weighted by Crippen LogP contribution is 2.43. The first-order chi connectivity index (χ1) is 49.8. The number of carbonyl (C=O) groups excluding carboxylic acids is 2. The van der Waals surface area contributed by atoms with Gasteiger partial charge in [-0.05, 0) is 128 Å². The van der Waals surface area contributed by atoms with Crippen molar-refractivity contribution in [3.05, 3.63) is 170 Å². The van der Waals surface area contributed by atoms with Crippen molar-refractivity contribution < 1.29 is 37.6 Å². The number of carbonyl (C=O) groups is 2. The summed E-state index contributed by atoms with van der Waals surface area (Å²) >= 11 is 0. The topological polar surface area (TPSA) is 134 Å². The first-order valence-electron chi connectivity index (χ1n) is 41.6. The van der Waals surface area contributed by atoms with Gasteiger partial charge in [-0.2, -0.15) is 0 Å². The summed E-state index contributed by atoms with van der Waals surface area (Å²) in [5.41, 5.74) is 5.42. The fourth-order valence-corrected chi connectivity index (χ4v) is 12.3. The molecule has 0 bridgehead atoms. The first-order valence-corrected chi connectivity index (χ1v) is 43.1. The zero-order chi connectivity index (χ0) is 72.9. The van der Waals surface area contributed by atoms with Crippen LogP contribution in [-0.2, 0) is 32.7 Å². The maximum Gasteiger partial charge on any atom is 0.472 e. The normalized spacial score (nSPS) is 13.7. The molecule has 0 radical (unpaired) electrons. The molecule has 9 nitrogen and oxygen atoms in total. The van der Waals surface area contributed by atoms with Gasteiger partial charge >= 0.3 is 19.8 Å². The third kappa shape index (κ3) is 84.2. The summed E-state index contributed by atoms with van der Waals surface area (Å²) in [5.74, 6) is -0.820. The number of esters is 2. The molecule has 0 aromatic carbocycles. The molecule has 0 rings (SSSR count). The minimum absolute atomic E-state index is 0.0492. The maximum absolute atomic E-state index is 12.8. The molecule has 0 aliphatic rings. The Kier molecular flexibility index (Phi) is 80.4. The van der Waals surface area contributed by atoms with Gasteiger partial charge < -0.3 is 20.1 Å². The van der Waals surface area contributed by atoms with E-state index in [0.717, 1.165) is 128 Å². The zero-order valence-electron chi connectivity index (χ0n) is 65.1. The van der Waals surface area contributed by atoms with Crippen LogP contribution in [0.5, 0.6) is 0 Å². The third-order valence-corrected chi connectivity index (χ3v) is 18.6. The van der Waals surface area contributed by atoms with Crippen LogP contribution in [0.1, 0.15) is 361 Å². The van der Waals surface area contributed by atoms with Crippen LogP contribution in [0.3, 0.4) is 0 Å². The van der Waals surface area contributed by atoms with Crippen molar-refractivity contribution in [3.8, 4) is 0 Å². The van der Waals surface area contributed by atoms with Gasteiger partial charge in [-0.25, -0.2) is 4.57 Å². The van der Waals surface area contributed by atoms with Crippen molar-refractivity contribution >= 4 is 19.8 Å². The van der Waals surface area contributed by atoms with Gasteiger partial charge in [0.15, 0.2) is 6.10 Å². The number of phosphoric acid groups is 1. The van der Waals surface area contributed by atoms with E-state index in [2.05, 4.69) is 184 Å². The van der Waals surface area contributed by atoms with Crippen LogP contribution in [0, 0.1) is 0 Å². The molecule has 0 amide bonds. The Labute approximate surface area is 622 Å². The smallest absolute Gasteiger partial charge is 0.462 e. The van der Waals surface area contributed by atoms with Crippen molar-refractivity contribution in [3.63, 3.8) is 0 Å². The molecule has 0 fully saturated rings. The van der Waals surface area contributed by atoms with E-state index >= 15 is 0 Å². The average molecular weight is 1420 g/mol. The molecule has 0 saturated heterocycles. The van der Waals surface area contributed by atoms with Gasteiger partial charge in [0.05, 0.1) is 13.2 Å². The Morgan fingerprint density at radius 3 is 0.762 bits per heavy atom. The molecule has 0 aliphatic heterocycles. The number of rotatable bonds is 77. The Bertz CT molecular complexity index is 2280. The van der Waals surface area contributed by atoms with E-state index in [9.17, 15) is 19.0 Å². The molecule has 0 saturated carbocycles. The standard InChI is InChI=1S/C91H154NO8P/c1-3-5-7-9-11-13-15-17-19-21-23-25-27-29-31-33-35-37-39-41-43-44-46-47-49-51-53-55-57-59-61-63-65-67-69-71-73-75-77-79-81-83-90(93)97-87-89(88-99-101(95,96)98-86-85-92)100-91(94)84-82-80-78-76-74-72-70-68-66-64-62-60-58-56-54-52-50-48-45-42-40-38-36-34-32-30-28-26-24-22-20-18-16-14-12-10-8-6-4-2/h5-8,11-14,17-20,23-26,29-32,35-38,42,45,50,52,89H,3-4,9-10,15-16,21-22,27-28,33-34,39-41,43-44,46-49,51,53-88,92H2,1-2H3,(H,95,96)/b7-5-,8-6-,13-11-,14-12-,19-17-,20-18-,25-23-,26-24-,31-29-,32-30-,37-35-,38-36-,45-42-,52-50-. The quantitative estimate of drug-likeness (QED) is 0.0264. The monoisotopic (exact) mass is 1420 g/mol. The van der Waals surface area contributed by atoms with Crippen LogP contribution in [0.25, 0.3) is 0 Å². The summed E-state index contributed by atoms with van der Waals surface area (Å²) in [6.45, 7) is 3.54. The summed E-state index contributed by atoms with van der Waals surface area (Å²) in [5, 5.41) is 0. The number of allylic oxidation sites excluding steroid dienone is 28. The number of hydrogen-bond donors (Lipinski definition) is 2. The summed E-state index contributed by atoms with van der Waals surface area (Å²) in [4.78, 5) is 35.5. The number of unbranched alkanes of at least 4 members (excludes halogenated alkanes) is 36. The van der Waals surface area contributed by atoms with Crippen molar-refractivity contribution in [2.45, 2.75) is 367 Å². The van der Waals surface area contributed by atoms with Crippen LogP contribution in [-0.4, -0.2) is 49.3 Å². The third-order valence-electron chi connectivity index (χ3n) is 17.6. The Balaban J connectivity index is 3.82. The maximum atomic E-state index is 12.8. The van der Waals surface area contributed by atoms with Gasteiger partial charge in [-0.1, -0.05) is 389 Å². The first kappa shape index (κ1) is 96.4. The summed E-state index contributed by atoms with van der Waals surface area (Å²) in [6, 6.07) is 0. The van der Waals surface area contributed by atoms with Crippen LogP contribution in [0.4, 0.5) is 0 Å². The molecule has 2 atom stereocenters. The van der Waals surface area contributed by atoms with Crippen molar-refractivity contribution in [1.29, 1.82) is 0 Å². The largest absolute Gasteiger partial charge is 0.472 e. The lowest BCUT2D eigenvalue weighted by atomic mass is 10.0. The van der Waals surface area contributed by atoms with Gasteiger partial charge in [0.2, 0.25) is 0 Å². The average Bonchev–Trinajstić information content (AvgIpc) is 1.01. The van der Waals surface area contributed by atoms with E-state index in [1.807, 2.05) is 0 Å². The lowest BCUT2D eigenvalue weighted by Crippen LogP contribution is -2.29. The fourth-order valence-electron chi connectivity index (χ4n) is 11.5. The van der Waals surface area contributed by atoms with Crippen molar-refractivity contribution in [2.75, 3.05) is 26.4 Å². The van der Waals surface area contributed by atoms with E-state index < -0.39 is 26.5 Å². The molecule has 101 heavy (non-hydrogen) atoms. The molecule has 0 spiro atoms. The van der Waals surface area contributed by atoms with E-state index in [4.69, 9.17) is 24.3 Å². The molecular formula is C91H154NO8P. The number of ether oxygens (including phenoxy) is 2. The zero-order valence-corrected chi connectivity index (χ0v) is 66.0. The molecule has 576 valence electrons. The Hall–Kier alpha value is -4.63. The highest BCUT2D eigenvalue weighted by molar-refractivity contribution is 7.47. The minimum Gasteiger partial charge on any atom is -0.462 e. The van der Waals surface area contributed by atoms with Crippen LogP contribution in [0.15, 0.2) is 170 Å². The van der Waals surface area contributed by atoms with E-state index in [1.54, 1.807) is 0 Å². The summed E-state index contributed by atoms with van der Waals surface area (Å²) in [7, 11) is -4.41. The van der Waals surface area contributed by atoms with Gasteiger partial charge in [-0.3, -0.25) is 18.6 Å². The predicted octanol–water partition coefficient (Wildman–Crippen LogP) is 28.4. The second-order valence-electron chi connectivity index (χ2n) is 27.2. The Morgan fingerprint density at radius 1 is 0.297 bits per heavy atom. The highest BCUT2D eigenvalue weighted by atomic mass is 31.2. The lowest BCUT2D eigenvalue weighted by molar-refractivity contribution is -0.161. The second kappa shape index (κ2) is 84.3. The molecule has 2 unspecified atom stereocenters. The van der Waals surface area contributed by atoms with Gasteiger partial charge in [0.1, 0.15) is 6.61 Å². The molecule has 0 aliphatic carbocycles. The van der Waals surface area contributed by atoms with E-state index in [-0.39, 0.29) is 38.6 Å². The van der Waals surface area contributed by atoms with Crippen LogP contribution >= 0.6 is 7.82 Å². The lowest BCUT2D eigenvalue weighted by Gasteiger charge is -2.19. The molecule has 3 N–H and O–H groups in total. The van der Waals surface area contributed by atoms with Gasteiger partial charge in [-0.15, -0.1) is 0 Å². The number of phosphoric ester groups is 1. The van der Waals surface area contributed by atoms with Crippen LogP contribution < -0.4 is 5.73 Å². The van der Waals surface area contributed by atoms with E-state index in [1.165, 1.54) is 199 Å².